The second-order valence-corrected chi connectivity index (χ2v) is 9.93. The fourth-order valence-corrected chi connectivity index (χ4v) is 3.90. The van der Waals surface area contributed by atoms with Crippen LogP contribution in [0, 0.1) is 0 Å². The minimum Gasteiger partial charge on any atom is -0.319 e. The molecular formula is C24H21F3N6O3S. The van der Waals surface area contributed by atoms with Gasteiger partial charge in [0.25, 0.3) is 5.91 Å². The Morgan fingerprint density at radius 3 is 2.43 bits per heavy atom. The van der Waals surface area contributed by atoms with Gasteiger partial charge in [-0.2, -0.15) is 18.3 Å². The summed E-state index contributed by atoms with van der Waals surface area (Å²) < 4.78 is 67.5. The predicted molar refractivity (Wildman–Crippen MR) is 131 cm³/mol. The summed E-state index contributed by atoms with van der Waals surface area (Å²) in [6, 6.07) is 13.3. The van der Waals surface area contributed by atoms with E-state index in [0.29, 0.717) is 11.3 Å². The van der Waals surface area contributed by atoms with Crippen LogP contribution in [0.1, 0.15) is 21.7 Å². The molecule has 0 aliphatic rings. The largest absolute Gasteiger partial charge is 0.417 e. The second-order valence-electron chi connectivity index (χ2n) is 8.09. The van der Waals surface area contributed by atoms with Crippen LogP contribution in [0.3, 0.4) is 0 Å². The molecule has 0 saturated heterocycles. The molecule has 4 rings (SSSR count). The van der Waals surface area contributed by atoms with Gasteiger partial charge in [-0.25, -0.2) is 23.1 Å². The Hall–Kier alpha value is -4.10. The van der Waals surface area contributed by atoms with E-state index in [1.54, 1.807) is 37.4 Å². The number of amides is 1. The first-order valence-corrected chi connectivity index (χ1v) is 12.7. The van der Waals surface area contributed by atoms with Crippen molar-refractivity contribution >= 4 is 21.6 Å². The number of benzene rings is 2. The number of nitrogens with zero attached hydrogens (tertiary/aromatic N) is 4. The summed E-state index contributed by atoms with van der Waals surface area (Å²) in [6.07, 6.45) is -0.822. The molecule has 0 aliphatic heterocycles. The molecule has 0 unspecified atom stereocenters. The zero-order valence-corrected chi connectivity index (χ0v) is 20.4. The number of carbonyl (C=O) groups excluding carboxylic acids is 1. The van der Waals surface area contributed by atoms with Gasteiger partial charge in [0.2, 0.25) is 10.0 Å². The second kappa shape index (κ2) is 10.1. The van der Waals surface area contributed by atoms with Crippen molar-refractivity contribution in [1.82, 2.24) is 24.5 Å². The molecule has 0 radical (unpaired) electrons. The van der Waals surface area contributed by atoms with Crippen molar-refractivity contribution in [3.8, 4) is 22.5 Å². The zero-order valence-electron chi connectivity index (χ0n) is 19.6. The maximum atomic E-state index is 13.6. The average Bonchev–Trinajstić information content (AvgIpc) is 3.28. The predicted octanol–water partition coefficient (Wildman–Crippen LogP) is 3.86. The SMILES string of the molecule is Cn1ccc(-c2cc(C(=O)Nc3cnc(CNS(C)(=O)=O)nc3-c3ccccc3)ccc2C(F)(F)F)n1. The number of nitrogens with one attached hydrogen (secondary N) is 2. The smallest absolute Gasteiger partial charge is 0.319 e. The third-order valence-corrected chi connectivity index (χ3v) is 5.87. The van der Waals surface area contributed by atoms with Gasteiger partial charge in [0.15, 0.2) is 0 Å². The molecule has 2 aromatic carbocycles. The number of aromatic nitrogens is 4. The van der Waals surface area contributed by atoms with Crippen molar-refractivity contribution < 1.29 is 26.4 Å². The Balaban J connectivity index is 1.70. The molecule has 0 atom stereocenters. The van der Waals surface area contributed by atoms with Crippen molar-refractivity contribution in [2.75, 3.05) is 11.6 Å². The van der Waals surface area contributed by atoms with Gasteiger partial charge in [0.1, 0.15) is 5.82 Å². The van der Waals surface area contributed by atoms with E-state index in [9.17, 15) is 26.4 Å². The number of aryl methyl sites for hydroxylation is 1. The first kappa shape index (κ1) is 26.0. The number of anilines is 1. The van der Waals surface area contributed by atoms with Crippen LogP contribution >= 0.6 is 0 Å². The molecule has 2 aromatic heterocycles. The normalized spacial score (nSPS) is 11.9. The van der Waals surface area contributed by atoms with Crippen LogP contribution in [-0.2, 0) is 29.8 Å². The summed E-state index contributed by atoms with van der Waals surface area (Å²) in [6.45, 7) is -0.167. The van der Waals surface area contributed by atoms with E-state index in [2.05, 4.69) is 25.1 Å². The average molecular weight is 531 g/mol. The van der Waals surface area contributed by atoms with Crippen molar-refractivity contribution in [3.63, 3.8) is 0 Å². The van der Waals surface area contributed by atoms with Gasteiger partial charge in [0.05, 0.1) is 41.6 Å². The van der Waals surface area contributed by atoms with E-state index in [-0.39, 0.29) is 34.9 Å². The fraction of sp³-hybridized carbons (Fsp3) is 0.167. The molecule has 192 valence electrons. The van der Waals surface area contributed by atoms with Crippen molar-refractivity contribution in [3.05, 3.63) is 83.9 Å². The fourth-order valence-electron chi connectivity index (χ4n) is 3.50. The van der Waals surface area contributed by atoms with Crippen LogP contribution in [0.15, 0.2) is 67.0 Å². The number of hydrogen-bond acceptors (Lipinski definition) is 6. The molecule has 0 fully saturated rings. The molecule has 4 aromatic rings. The monoisotopic (exact) mass is 530 g/mol. The number of sulfonamides is 1. The lowest BCUT2D eigenvalue weighted by Crippen LogP contribution is -2.23. The first-order valence-electron chi connectivity index (χ1n) is 10.8. The molecule has 0 spiro atoms. The highest BCUT2D eigenvalue weighted by molar-refractivity contribution is 7.88. The van der Waals surface area contributed by atoms with Gasteiger partial charge in [-0.05, 0) is 24.3 Å². The van der Waals surface area contributed by atoms with Gasteiger partial charge in [0, 0.05) is 29.9 Å². The molecule has 0 saturated carbocycles. The molecule has 37 heavy (non-hydrogen) atoms. The Morgan fingerprint density at radius 2 is 1.81 bits per heavy atom. The summed E-state index contributed by atoms with van der Waals surface area (Å²) in [7, 11) is -1.91. The van der Waals surface area contributed by atoms with Crippen molar-refractivity contribution in [1.29, 1.82) is 0 Å². The van der Waals surface area contributed by atoms with Crippen LogP contribution in [0.4, 0.5) is 18.9 Å². The topological polar surface area (TPSA) is 119 Å². The number of carbonyl (C=O) groups is 1. The Bertz CT molecular complexity index is 1550. The number of hydrogen-bond donors (Lipinski definition) is 2. The summed E-state index contributed by atoms with van der Waals surface area (Å²) >= 11 is 0. The summed E-state index contributed by atoms with van der Waals surface area (Å²) in [5.41, 5.74) is 0.00404. The number of alkyl halides is 3. The van der Waals surface area contributed by atoms with E-state index < -0.39 is 27.7 Å². The Morgan fingerprint density at radius 1 is 1.08 bits per heavy atom. The van der Waals surface area contributed by atoms with Gasteiger partial charge < -0.3 is 5.32 Å². The van der Waals surface area contributed by atoms with Crippen LogP contribution < -0.4 is 10.0 Å². The maximum Gasteiger partial charge on any atom is 0.417 e. The third kappa shape index (κ3) is 6.37. The minimum atomic E-state index is -4.65. The van der Waals surface area contributed by atoms with Gasteiger partial charge in [-0.15, -0.1) is 0 Å². The lowest BCUT2D eigenvalue weighted by atomic mass is 10.0. The van der Waals surface area contributed by atoms with Gasteiger partial charge in [-0.3, -0.25) is 9.48 Å². The zero-order chi connectivity index (χ0) is 26.8. The summed E-state index contributed by atoms with van der Waals surface area (Å²) in [5.74, 6) is -0.525. The highest BCUT2D eigenvalue weighted by Crippen LogP contribution is 2.37. The summed E-state index contributed by atoms with van der Waals surface area (Å²) in [5, 5.41) is 6.71. The van der Waals surface area contributed by atoms with Gasteiger partial charge >= 0.3 is 6.18 Å². The van der Waals surface area contributed by atoms with Gasteiger partial charge in [-0.1, -0.05) is 30.3 Å². The summed E-state index contributed by atoms with van der Waals surface area (Å²) in [4.78, 5) is 21.6. The molecular weight excluding hydrogens is 509 g/mol. The Labute approximate surface area is 210 Å². The maximum absolute atomic E-state index is 13.6. The van der Waals surface area contributed by atoms with Crippen molar-refractivity contribution in [2.45, 2.75) is 12.7 Å². The first-order chi connectivity index (χ1) is 17.4. The molecule has 13 heteroatoms. The molecule has 2 N–H and O–H groups in total. The highest BCUT2D eigenvalue weighted by Gasteiger charge is 2.34. The molecule has 2 heterocycles. The van der Waals surface area contributed by atoms with Crippen LogP contribution in [0.2, 0.25) is 0 Å². The third-order valence-electron chi connectivity index (χ3n) is 5.20. The van der Waals surface area contributed by atoms with E-state index in [1.165, 1.54) is 23.1 Å². The molecule has 0 bridgehead atoms. The minimum absolute atomic E-state index is 0.0320. The number of halogens is 3. The van der Waals surface area contributed by atoms with E-state index in [1.807, 2.05) is 0 Å². The molecule has 1 amide bonds. The van der Waals surface area contributed by atoms with Crippen LogP contribution in [0.5, 0.6) is 0 Å². The van der Waals surface area contributed by atoms with E-state index in [0.717, 1.165) is 24.5 Å². The van der Waals surface area contributed by atoms with Crippen LogP contribution in [0.25, 0.3) is 22.5 Å². The van der Waals surface area contributed by atoms with E-state index >= 15 is 0 Å². The lowest BCUT2D eigenvalue weighted by molar-refractivity contribution is -0.137. The quantitative estimate of drug-likeness (QED) is 0.375. The molecule has 0 aliphatic carbocycles. The standard InChI is InChI=1S/C24H21F3N6O3S/c1-33-11-10-19(32-33)17-12-16(8-9-18(17)24(25,26)27)23(34)30-20-13-28-21(14-29-37(2,35)36)31-22(20)15-6-4-3-5-7-15/h3-13,29H,14H2,1-2H3,(H,30,34). The highest BCUT2D eigenvalue weighted by atomic mass is 32.2. The van der Waals surface area contributed by atoms with E-state index in [4.69, 9.17) is 0 Å². The Kier molecular flexibility index (Phi) is 7.09. The van der Waals surface area contributed by atoms with Crippen LogP contribution in [-0.4, -0.2) is 40.3 Å². The van der Waals surface area contributed by atoms with Crippen molar-refractivity contribution in [2.24, 2.45) is 7.05 Å². The lowest BCUT2D eigenvalue weighted by Gasteiger charge is -2.15. The molecule has 9 nitrogen and oxygen atoms in total. The number of rotatable bonds is 7.